The van der Waals surface area contributed by atoms with Gasteiger partial charge in [-0.1, -0.05) is 26.0 Å². The maximum atomic E-state index is 6.05. The zero-order chi connectivity index (χ0) is 13.8. The smallest absolute Gasteiger partial charge is 0.135 e. The van der Waals surface area contributed by atoms with E-state index < -0.39 is 0 Å². The van der Waals surface area contributed by atoms with Gasteiger partial charge in [0, 0.05) is 24.5 Å². The Morgan fingerprint density at radius 3 is 2.68 bits per heavy atom. The van der Waals surface area contributed by atoms with Gasteiger partial charge < -0.3 is 10.5 Å². The third kappa shape index (κ3) is 3.12. The largest absolute Gasteiger partial charge is 0.457 e. The van der Waals surface area contributed by atoms with Crippen molar-refractivity contribution in [1.82, 2.24) is 4.98 Å². The standard InChI is InChI=1S/C16H20N2O/c1-11(2)14-5-4-12(3)8-16(14)19-15-6-7-18-10-13(15)9-17/h4-8,10-11H,9,17H2,1-3H3. The fourth-order valence-corrected chi connectivity index (χ4v) is 1.99. The lowest BCUT2D eigenvalue weighted by Gasteiger charge is -2.16. The summed E-state index contributed by atoms with van der Waals surface area (Å²) in [5.74, 6) is 2.10. The lowest BCUT2D eigenvalue weighted by Crippen LogP contribution is -2.01. The number of benzene rings is 1. The van der Waals surface area contributed by atoms with Crippen molar-refractivity contribution in [3.05, 3.63) is 53.3 Å². The Morgan fingerprint density at radius 2 is 2.00 bits per heavy atom. The molecule has 1 aromatic carbocycles. The molecule has 2 rings (SSSR count). The van der Waals surface area contributed by atoms with E-state index in [0.717, 1.165) is 17.1 Å². The molecule has 1 aromatic heterocycles. The summed E-state index contributed by atoms with van der Waals surface area (Å²) >= 11 is 0. The zero-order valence-corrected chi connectivity index (χ0v) is 11.7. The summed E-state index contributed by atoms with van der Waals surface area (Å²) in [6.45, 7) is 6.81. The molecule has 0 aliphatic carbocycles. The van der Waals surface area contributed by atoms with Crippen molar-refractivity contribution in [3.8, 4) is 11.5 Å². The first-order valence-electron chi connectivity index (χ1n) is 6.53. The third-order valence-corrected chi connectivity index (χ3v) is 3.09. The average molecular weight is 256 g/mol. The number of hydrogen-bond donors (Lipinski definition) is 1. The van der Waals surface area contributed by atoms with Crippen molar-refractivity contribution in [2.75, 3.05) is 0 Å². The van der Waals surface area contributed by atoms with E-state index in [1.807, 2.05) is 6.07 Å². The van der Waals surface area contributed by atoms with Crippen molar-refractivity contribution >= 4 is 0 Å². The van der Waals surface area contributed by atoms with Crippen LogP contribution in [0.5, 0.6) is 11.5 Å². The van der Waals surface area contributed by atoms with Gasteiger partial charge in [-0.05, 0) is 36.1 Å². The van der Waals surface area contributed by atoms with Gasteiger partial charge in [0.05, 0.1) is 0 Å². The van der Waals surface area contributed by atoms with Crippen LogP contribution in [0.25, 0.3) is 0 Å². The normalized spacial score (nSPS) is 10.8. The molecule has 0 fully saturated rings. The van der Waals surface area contributed by atoms with Crippen LogP contribution < -0.4 is 10.5 Å². The van der Waals surface area contributed by atoms with Gasteiger partial charge in [0.2, 0.25) is 0 Å². The Hall–Kier alpha value is -1.87. The number of aromatic nitrogens is 1. The van der Waals surface area contributed by atoms with Crippen molar-refractivity contribution < 1.29 is 4.74 Å². The highest BCUT2D eigenvalue weighted by Gasteiger charge is 2.10. The van der Waals surface area contributed by atoms with Crippen LogP contribution in [0.1, 0.15) is 36.5 Å². The van der Waals surface area contributed by atoms with E-state index in [0.29, 0.717) is 12.5 Å². The van der Waals surface area contributed by atoms with Crippen LogP contribution in [0, 0.1) is 6.92 Å². The average Bonchev–Trinajstić information content (AvgIpc) is 2.39. The lowest BCUT2D eigenvalue weighted by molar-refractivity contribution is 0.466. The maximum Gasteiger partial charge on any atom is 0.135 e. The lowest BCUT2D eigenvalue weighted by atomic mass is 10.0. The molecule has 100 valence electrons. The number of nitrogens with two attached hydrogens (primary N) is 1. The predicted molar refractivity (Wildman–Crippen MR) is 77.5 cm³/mol. The highest BCUT2D eigenvalue weighted by molar-refractivity contribution is 5.43. The molecule has 0 amide bonds. The summed E-state index contributed by atoms with van der Waals surface area (Å²) in [5.41, 5.74) is 9.01. The molecule has 3 nitrogen and oxygen atoms in total. The maximum absolute atomic E-state index is 6.05. The van der Waals surface area contributed by atoms with E-state index in [9.17, 15) is 0 Å². The first kappa shape index (κ1) is 13.6. The molecule has 0 saturated heterocycles. The zero-order valence-electron chi connectivity index (χ0n) is 11.7. The quantitative estimate of drug-likeness (QED) is 0.906. The van der Waals surface area contributed by atoms with Crippen LogP contribution in [0.2, 0.25) is 0 Å². The number of nitrogens with zero attached hydrogens (tertiary/aromatic N) is 1. The monoisotopic (exact) mass is 256 g/mol. The van der Waals surface area contributed by atoms with E-state index in [1.165, 1.54) is 11.1 Å². The van der Waals surface area contributed by atoms with Gasteiger partial charge >= 0.3 is 0 Å². The van der Waals surface area contributed by atoms with E-state index in [2.05, 4.69) is 44.0 Å². The number of aryl methyl sites for hydroxylation is 1. The summed E-state index contributed by atoms with van der Waals surface area (Å²) < 4.78 is 6.05. The highest BCUT2D eigenvalue weighted by Crippen LogP contribution is 2.32. The van der Waals surface area contributed by atoms with Crippen molar-refractivity contribution in [2.24, 2.45) is 5.73 Å². The minimum atomic E-state index is 0.416. The fraction of sp³-hybridized carbons (Fsp3) is 0.312. The molecule has 1 heterocycles. The summed E-state index contributed by atoms with van der Waals surface area (Å²) in [7, 11) is 0. The number of rotatable bonds is 4. The van der Waals surface area contributed by atoms with Gasteiger partial charge in [-0.15, -0.1) is 0 Å². The molecule has 19 heavy (non-hydrogen) atoms. The molecule has 0 saturated carbocycles. The molecule has 2 N–H and O–H groups in total. The molecule has 0 radical (unpaired) electrons. The summed E-state index contributed by atoms with van der Waals surface area (Å²) in [6, 6.07) is 8.15. The Bertz CT molecular complexity index is 564. The summed E-state index contributed by atoms with van der Waals surface area (Å²) in [6.07, 6.45) is 3.47. The van der Waals surface area contributed by atoms with Crippen LogP contribution in [0.15, 0.2) is 36.7 Å². The molecule has 2 aromatic rings. The minimum absolute atomic E-state index is 0.416. The molecule has 0 aliphatic heterocycles. The molecule has 0 spiro atoms. The van der Waals surface area contributed by atoms with Crippen LogP contribution in [-0.4, -0.2) is 4.98 Å². The van der Waals surface area contributed by atoms with Gasteiger partial charge in [-0.3, -0.25) is 4.98 Å². The SMILES string of the molecule is Cc1ccc(C(C)C)c(Oc2ccncc2CN)c1. The number of hydrogen-bond acceptors (Lipinski definition) is 3. The second-order valence-electron chi connectivity index (χ2n) is 4.99. The highest BCUT2D eigenvalue weighted by atomic mass is 16.5. The van der Waals surface area contributed by atoms with Crippen LogP contribution in [-0.2, 0) is 6.54 Å². The van der Waals surface area contributed by atoms with Gasteiger partial charge in [-0.25, -0.2) is 0 Å². The second kappa shape index (κ2) is 5.85. The first-order chi connectivity index (χ1) is 9.11. The van der Waals surface area contributed by atoms with Crippen molar-refractivity contribution in [3.63, 3.8) is 0 Å². The van der Waals surface area contributed by atoms with E-state index >= 15 is 0 Å². The van der Waals surface area contributed by atoms with Crippen molar-refractivity contribution in [2.45, 2.75) is 33.2 Å². The minimum Gasteiger partial charge on any atom is -0.457 e. The number of ether oxygens (including phenoxy) is 1. The van der Waals surface area contributed by atoms with Gasteiger partial charge in [0.25, 0.3) is 0 Å². The second-order valence-corrected chi connectivity index (χ2v) is 4.99. The molecule has 0 bridgehead atoms. The van der Waals surface area contributed by atoms with E-state index in [-0.39, 0.29) is 0 Å². The Morgan fingerprint density at radius 1 is 1.21 bits per heavy atom. The summed E-state index contributed by atoms with van der Waals surface area (Å²) in [4.78, 5) is 4.07. The van der Waals surface area contributed by atoms with Gasteiger partial charge in [0.15, 0.2) is 0 Å². The van der Waals surface area contributed by atoms with E-state index in [4.69, 9.17) is 10.5 Å². The molecular weight excluding hydrogens is 236 g/mol. The van der Waals surface area contributed by atoms with Crippen LogP contribution in [0.3, 0.4) is 0 Å². The molecular formula is C16H20N2O. The first-order valence-corrected chi connectivity index (χ1v) is 6.53. The van der Waals surface area contributed by atoms with Crippen LogP contribution in [0.4, 0.5) is 0 Å². The Kier molecular flexibility index (Phi) is 4.17. The van der Waals surface area contributed by atoms with Crippen LogP contribution >= 0.6 is 0 Å². The number of pyridine rings is 1. The van der Waals surface area contributed by atoms with Gasteiger partial charge in [-0.2, -0.15) is 0 Å². The molecule has 0 aliphatic rings. The van der Waals surface area contributed by atoms with Gasteiger partial charge in [0.1, 0.15) is 11.5 Å². The topological polar surface area (TPSA) is 48.1 Å². The molecule has 0 atom stereocenters. The molecule has 0 unspecified atom stereocenters. The molecule has 3 heteroatoms. The predicted octanol–water partition coefficient (Wildman–Crippen LogP) is 3.76. The Labute approximate surface area is 114 Å². The third-order valence-electron chi connectivity index (χ3n) is 3.09. The summed E-state index contributed by atoms with van der Waals surface area (Å²) in [5, 5.41) is 0. The Balaban J connectivity index is 2.39. The van der Waals surface area contributed by atoms with E-state index in [1.54, 1.807) is 12.4 Å². The van der Waals surface area contributed by atoms with Crippen molar-refractivity contribution in [1.29, 1.82) is 0 Å². The fourth-order valence-electron chi connectivity index (χ4n) is 1.99.